The maximum Gasteiger partial charge on any atom is 0.243 e. The van der Waals surface area contributed by atoms with Crippen LogP contribution in [0, 0.1) is 0 Å². The number of benzene rings is 1. The van der Waals surface area contributed by atoms with Gasteiger partial charge in [0.1, 0.15) is 19.3 Å². The summed E-state index contributed by atoms with van der Waals surface area (Å²) in [5.74, 6) is 0.729. The van der Waals surface area contributed by atoms with Gasteiger partial charge in [-0.3, -0.25) is 9.10 Å². The van der Waals surface area contributed by atoms with Gasteiger partial charge in [-0.2, -0.15) is 0 Å². The van der Waals surface area contributed by atoms with Crippen LogP contribution < -0.4 is 19.1 Å². The van der Waals surface area contributed by atoms with E-state index in [1.165, 1.54) is 18.4 Å². The Morgan fingerprint density at radius 3 is 2.64 bits per heavy atom. The number of sulfonamides is 1. The van der Waals surface area contributed by atoms with E-state index in [1.54, 1.807) is 25.1 Å². The number of carbonyl (C=O) groups is 1. The van der Waals surface area contributed by atoms with E-state index in [-0.39, 0.29) is 5.91 Å². The van der Waals surface area contributed by atoms with E-state index in [1.807, 2.05) is 0 Å². The summed E-state index contributed by atoms with van der Waals surface area (Å²) in [6.07, 6.45) is 8.76. The number of ether oxygens (including phenoxy) is 2. The maximum atomic E-state index is 12.6. The van der Waals surface area contributed by atoms with Crippen molar-refractivity contribution in [3.63, 3.8) is 0 Å². The number of fused-ring (bicyclic) bond motifs is 1. The molecule has 0 saturated carbocycles. The number of allylic oxidation sites excluding steroid dienone is 1. The number of rotatable bonds is 7. The van der Waals surface area contributed by atoms with Gasteiger partial charge in [0.15, 0.2) is 11.5 Å². The van der Waals surface area contributed by atoms with Gasteiger partial charge in [-0.1, -0.05) is 11.6 Å². The van der Waals surface area contributed by atoms with Gasteiger partial charge in [0.25, 0.3) is 0 Å². The molecule has 1 amide bonds. The van der Waals surface area contributed by atoms with E-state index >= 15 is 0 Å². The average molecular weight is 409 g/mol. The molecule has 3 rings (SSSR count). The lowest BCUT2D eigenvalue weighted by molar-refractivity contribution is -0.121. The van der Waals surface area contributed by atoms with Crippen molar-refractivity contribution in [3.8, 4) is 11.5 Å². The van der Waals surface area contributed by atoms with Gasteiger partial charge in [-0.15, -0.1) is 0 Å². The van der Waals surface area contributed by atoms with Crippen molar-refractivity contribution < 1.29 is 22.7 Å². The summed E-state index contributed by atoms with van der Waals surface area (Å²) >= 11 is 0. The fourth-order valence-electron chi connectivity index (χ4n) is 3.60. The van der Waals surface area contributed by atoms with Crippen LogP contribution in [-0.2, 0) is 14.8 Å². The fraction of sp³-hybridized carbons (Fsp3) is 0.550. The number of hydrogen-bond donors (Lipinski definition) is 1. The highest BCUT2D eigenvalue weighted by atomic mass is 32.2. The van der Waals surface area contributed by atoms with Crippen LogP contribution in [0.4, 0.5) is 5.69 Å². The summed E-state index contributed by atoms with van der Waals surface area (Å²) in [5, 5.41) is 2.87. The number of carbonyl (C=O) groups excluding carboxylic acids is 1. The monoisotopic (exact) mass is 408 g/mol. The quantitative estimate of drug-likeness (QED) is 0.701. The van der Waals surface area contributed by atoms with Gasteiger partial charge < -0.3 is 14.8 Å². The molecular formula is C20H28N2O5S. The van der Waals surface area contributed by atoms with Crippen molar-refractivity contribution in [2.24, 2.45) is 0 Å². The molecule has 7 nitrogen and oxygen atoms in total. The molecule has 1 atom stereocenters. The molecule has 0 fully saturated rings. The van der Waals surface area contributed by atoms with Crippen LogP contribution in [-0.4, -0.2) is 46.4 Å². The van der Waals surface area contributed by atoms with Crippen LogP contribution in [0.5, 0.6) is 11.5 Å². The maximum absolute atomic E-state index is 12.6. The van der Waals surface area contributed by atoms with E-state index in [9.17, 15) is 13.2 Å². The first-order chi connectivity index (χ1) is 13.4. The normalized spacial score (nSPS) is 17.4. The van der Waals surface area contributed by atoms with Crippen LogP contribution in [0.1, 0.15) is 39.0 Å². The summed E-state index contributed by atoms with van der Waals surface area (Å²) in [4.78, 5) is 12.6. The third kappa shape index (κ3) is 4.98. The lowest BCUT2D eigenvalue weighted by Gasteiger charge is -2.29. The Bertz CT molecular complexity index is 850. The van der Waals surface area contributed by atoms with Crippen LogP contribution >= 0.6 is 0 Å². The Morgan fingerprint density at radius 2 is 1.96 bits per heavy atom. The molecule has 0 saturated heterocycles. The van der Waals surface area contributed by atoms with Gasteiger partial charge in [-0.05, 0) is 51.2 Å². The third-order valence-corrected chi connectivity index (χ3v) is 6.24. The van der Waals surface area contributed by atoms with E-state index in [2.05, 4.69) is 11.4 Å². The predicted molar refractivity (Wildman–Crippen MR) is 108 cm³/mol. The predicted octanol–water partition coefficient (Wildman–Crippen LogP) is 2.62. The largest absolute Gasteiger partial charge is 0.486 e. The lowest BCUT2D eigenvalue weighted by atomic mass is 9.97. The standard InChI is InChI=1S/C20H28N2O5S/c1-15(20(23)21-11-10-16-6-4-3-5-7-16)22(28(2,24)25)17-8-9-18-19(14-17)27-13-12-26-18/h6,8-9,14-15H,3-5,7,10-13H2,1-2H3,(H,21,23)/t15-/m1/s1. The zero-order valence-electron chi connectivity index (χ0n) is 16.4. The van der Waals surface area contributed by atoms with Crippen molar-refractivity contribution in [1.82, 2.24) is 5.32 Å². The van der Waals surface area contributed by atoms with E-state index in [0.717, 1.165) is 29.8 Å². The van der Waals surface area contributed by atoms with Crippen molar-refractivity contribution >= 4 is 21.6 Å². The molecule has 0 spiro atoms. The lowest BCUT2D eigenvalue weighted by Crippen LogP contribution is -2.48. The fourth-order valence-corrected chi connectivity index (χ4v) is 4.77. The Balaban J connectivity index is 1.70. The SMILES string of the molecule is C[C@H](C(=O)NCCC1=CCCCC1)N(c1ccc2c(c1)OCCO2)S(C)(=O)=O. The first-order valence-corrected chi connectivity index (χ1v) is 11.6. The van der Waals surface area contributed by atoms with Crippen molar-refractivity contribution in [2.75, 3.05) is 30.3 Å². The number of nitrogens with zero attached hydrogens (tertiary/aromatic N) is 1. The molecule has 1 aliphatic heterocycles. The average Bonchev–Trinajstić information content (AvgIpc) is 2.67. The summed E-state index contributed by atoms with van der Waals surface area (Å²) in [5.41, 5.74) is 1.75. The molecular weight excluding hydrogens is 380 g/mol. The van der Waals surface area contributed by atoms with Crippen LogP contribution in [0.3, 0.4) is 0 Å². The highest BCUT2D eigenvalue weighted by Gasteiger charge is 2.30. The number of hydrogen-bond acceptors (Lipinski definition) is 5. The Morgan fingerprint density at radius 1 is 1.21 bits per heavy atom. The number of nitrogens with one attached hydrogen (secondary N) is 1. The minimum atomic E-state index is -3.67. The van der Waals surface area contributed by atoms with Gasteiger partial charge in [0.2, 0.25) is 15.9 Å². The minimum Gasteiger partial charge on any atom is -0.486 e. The Labute approximate surface area is 166 Å². The van der Waals surface area contributed by atoms with E-state index < -0.39 is 16.1 Å². The molecule has 1 aromatic carbocycles. The van der Waals surface area contributed by atoms with E-state index in [4.69, 9.17) is 9.47 Å². The Kier molecular flexibility index (Phi) is 6.49. The molecule has 1 aromatic rings. The van der Waals surface area contributed by atoms with Gasteiger partial charge in [0, 0.05) is 12.6 Å². The summed E-state index contributed by atoms with van der Waals surface area (Å²) < 4.78 is 37.0. The number of anilines is 1. The molecule has 0 unspecified atom stereocenters. The first kappa shape index (κ1) is 20.5. The zero-order valence-corrected chi connectivity index (χ0v) is 17.3. The molecule has 28 heavy (non-hydrogen) atoms. The molecule has 0 aromatic heterocycles. The second kappa shape index (κ2) is 8.86. The summed E-state index contributed by atoms with van der Waals surface area (Å²) in [7, 11) is -3.67. The molecule has 0 bridgehead atoms. The van der Waals surface area contributed by atoms with Crippen molar-refractivity contribution in [1.29, 1.82) is 0 Å². The van der Waals surface area contributed by atoms with E-state index in [0.29, 0.717) is 36.9 Å². The molecule has 8 heteroatoms. The van der Waals surface area contributed by atoms with Crippen LogP contribution in [0.2, 0.25) is 0 Å². The number of amides is 1. The van der Waals surface area contributed by atoms with Crippen molar-refractivity contribution in [3.05, 3.63) is 29.8 Å². The topological polar surface area (TPSA) is 84.9 Å². The smallest absolute Gasteiger partial charge is 0.243 e. The molecule has 1 aliphatic carbocycles. The molecule has 1 heterocycles. The van der Waals surface area contributed by atoms with Gasteiger partial charge >= 0.3 is 0 Å². The van der Waals surface area contributed by atoms with Crippen molar-refractivity contribution in [2.45, 2.75) is 45.1 Å². The second-order valence-electron chi connectivity index (χ2n) is 7.21. The highest BCUT2D eigenvalue weighted by molar-refractivity contribution is 7.92. The summed E-state index contributed by atoms with van der Waals surface area (Å²) in [6, 6.07) is 4.03. The second-order valence-corrected chi connectivity index (χ2v) is 9.07. The third-order valence-electron chi connectivity index (χ3n) is 5.00. The first-order valence-electron chi connectivity index (χ1n) is 9.71. The molecule has 154 valence electrons. The van der Waals surface area contributed by atoms with Crippen LogP contribution in [0.25, 0.3) is 0 Å². The highest BCUT2D eigenvalue weighted by Crippen LogP contribution is 2.35. The molecule has 2 aliphatic rings. The minimum absolute atomic E-state index is 0.322. The zero-order chi connectivity index (χ0) is 20.1. The Hall–Kier alpha value is -2.22. The van der Waals surface area contributed by atoms with Crippen LogP contribution in [0.15, 0.2) is 29.8 Å². The van der Waals surface area contributed by atoms with Gasteiger partial charge in [0.05, 0.1) is 11.9 Å². The molecule has 0 radical (unpaired) electrons. The molecule has 1 N–H and O–H groups in total. The van der Waals surface area contributed by atoms with Gasteiger partial charge in [-0.25, -0.2) is 8.42 Å². The summed E-state index contributed by atoms with van der Waals surface area (Å²) in [6.45, 7) is 2.96.